The van der Waals surface area contributed by atoms with Crippen LogP contribution in [0.5, 0.6) is 0 Å². The summed E-state index contributed by atoms with van der Waals surface area (Å²) < 4.78 is 17.1. The highest BCUT2D eigenvalue weighted by molar-refractivity contribution is 5.92. The summed E-state index contributed by atoms with van der Waals surface area (Å²) >= 11 is 0. The van der Waals surface area contributed by atoms with Crippen LogP contribution in [0.4, 0.5) is 0 Å². The molecule has 1 amide bonds. The number of hydrogen-bond acceptors (Lipinski definition) is 6. The van der Waals surface area contributed by atoms with Crippen LogP contribution in [0.1, 0.15) is 40.5 Å². The summed E-state index contributed by atoms with van der Waals surface area (Å²) in [6.07, 6.45) is 1.77. The smallest absolute Gasteiger partial charge is 0.292 e. The second-order valence-electron chi connectivity index (χ2n) is 7.22. The molecule has 0 radical (unpaired) electrons. The molecule has 2 saturated heterocycles. The van der Waals surface area contributed by atoms with Crippen LogP contribution in [0.25, 0.3) is 0 Å². The maximum atomic E-state index is 12.4. The lowest BCUT2D eigenvalue weighted by atomic mass is 9.84. The van der Waals surface area contributed by atoms with Gasteiger partial charge in [-0.05, 0) is 32.4 Å². The van der Waals surface area contributed by atoms with Crippen molar-refractivity contribution in [2.75, 3.05) is 19.7 Å². The summed E-state index contributed by atoms with van der Waals surface area (Å²) in [5.74, 6) is 0.151. The van der Waals surface area contributed by atoms with Gasteiger partial charge in [0.2, 0.25) is 5.76 Å². The summed E-state index contributed by atoms with van der Waals surface area (Å²) in [6, 6.07) is 7.61. The van der Waals surface area contributed by atoms with Crippen LogP contribution in [0.3, 0.4) is 0 Å². The minimum atomic E-state index is -0.298. The van der Waals surface area contributed by atoms with Crippen molar-refractivity contribution in [1.82, 2.24) is 15.0 Å². The molecule has 4 heterocycles. The SMILES string of the molecule is Cc1cc(C(=O)N2CC3(CC(OCc4cccc(C)n4)CCO3)C2)on1. The molecule has 1 spiro atoms. The van der Waals surface area contributed by atoms with Gasteiger partial charge in [0.05, 0.1) is 37.2 Å². The molecular formula is C19H23N3O4. The Bertz CT molecular complexity index is 798. The second kappa shape index (κ2) is 6.81. The Labute approximate surface area is 152 Å². The van der Waals surface area contributed by atoms with Crippen molar-refractivity contribution in [1.29, 1.82) is 0 Å². The van der Waals surface area contributed by atoms with Gasteiger partial charge in [-0.1, -0.05) is 11.2 Å². The van der Waals surface area contributed by atoms with Crippen LogP contribution in [-0.4, -0.2) is 52.3 Å². The number of ether oxygens (including phenoxy) is 2. The zero-order valence-electron chi connectivity index (χ0n) is 15.1. The molecule has 7 heteroatoms. The maximum absolute atomic E-state index is 12.4. The Balaban J connectivity index is 1.31. The topological polar surface area (TPSA) is 77.7 Å². The molecule has 4 rings (SSSR count). The molecule has 0 aromatic carbocycles. The quantitative estimate of drug-likeness (QED) is 0.835. The Kier molecular flexibility index (Phi) is 4.50. The van der Waals surface area contributed by atoms with Gasteiger partial charge < -0.3 is 18.9 Å². The van der Waals surface area contributed by atoms with Crippen molar-refractivity contribution in [2.24, 2.45) is 0 Å². The van der Waals surface area contributed by atoms with Crippen LogP contribution in [0, 0.1) is 13.8 Å². The van der Waals surface area contributed by atoms with Crippen molar-refractivity contribution in [3.05, 3.63) is 47.1 Å². The minimum Gasteiger partial charge on any atom is -0.372 e. The first-order chi connectivity index (χ1) is 12.5. The Morgan fingerprint density at radius 3 is 2.92 bits per heavy atom. The number of hydrogen-bond donors (Lipinski definition) is 0. The fraction of sp³-hybridized carbons (Fsp3) is 0.526. The van der Waals surface area contributed by atoms with Crippen molar-refractivity contribution in [3.63, 3.8) is 0 Å². The summed E-state index contributed by atoms with van der Waals surface area (Å²) in [6.45, 7) is 6.05. The van der Waals surface area contributed by atoms with Gasteiger partial charge in [0.25, 0.3) is 5.91 Å². The summed E-state index contributed by atoms with van der Waals surface area (Å²) in [5.41, 5.74) is 2.34. The molecule has 138 valence electrons. The zero-order valence-corrected chi connectivity index (χ0v) is 15.1. The largest absolute Gasteiger partial charge is 0.372 e. The number of rotatable bonds is 4. The molecule has 2 aliphatic rings. The number of carbonyl (C=O) groups excluding carboxylic acids is 1. The molecular weight excluding hydrogens is 334 g/mol. The molecule has 0 bridgehead atoms. The average Bonchev–Trinajstić information content (AvgIpc) is 3.04. The van der Waals surface area contributed by atoms with Crippen molar-refractivity contribution < 1.29 is 18.8 Å². The predicted octanol–water partition coefficient (Wildman–Crippen LogP) is 2.28. The zero-order chi connectivity index (χ0) is 18.1. The van der Waals surface area contributed by atoms with Gasteiger partial charge in [0, 0.05) is 24.8 Å². The van der Waals surface area contributed by atoms with E-state index in [1.807, 2.05) is 25.1 Å². The van der Waals surface area contributed by atoms with E-state index in [4.69, 9.17) is 14.0 Å². The molecule has 2 aliphatic heterocycles. The molecule has 2 aromatic rings. The fourth-order valence-corrected chi connectivity index (χ4v) is 3.64. The van der Waals surface area contributed by atoms with Crippen molar-refractivity contribution in [3.8, 4) is 0 Å². The number of nitrogens with zero attached hydrogens (tertiary/aromatic N) is 3. The van der Waals surface area contributed by atoms with Gasteiger partial charge in [-0.15, -0.1) is 0 Å². The van der Waals surface area contributed by atoms with Crippen molar-refractivity contribution >= 4 is 5.91 Å². The number of aromatic nitrogens is 2. The number of carbonyl (C=O) groups is 1. The van der Waals surface area contributed by atoms with Crippen LogP contribution in [-0.2, 0) is 16.1 Å². The molecule has 1 unspecified atom stereocenters. The first-order valence-corrected chi connectivity index (χ1v) is 8.94. The third-order valence-corrected chi connectivity index (χ3v) is 4.94. The number of aryl methyl sites for hydroxylation is 2. The molecule has 0 N–H and O–H groups in total. The van der Waals surface area contributed by atoms with Crippen molar-refractivity contribution in [2.45, 2.75) is 45.0 Å². The Hall–Kier alpha value is -2.25. The monoisotopic (exact) mass is 357 g/mol. The lowest BCUT2D eigenvalue weighted by Gasteiger charge is -2.52. The minimum absolute atomic E-state index is 0.121. The van der Waals surface area contributed by atoms with Gasteiger partial charge >= 0.3 is 0 Å². The molecule has 2 aromatic heterocycles. The maximum Gasteiger partial charge on any atom is 0.292 e. The van der Waals surface area contributed by atoms with E-state index in [9.17, 15) is 4.79 Å². The van der Waals surface area contributed by atoms with Gasteiger partial charge in [-0.3, -0.25) is 9.78 Å². The standard InChI is InChI=1S/C19H23N3O4/c1-13-4-3-5-15(20-13)10-24-16-6-7-25-19(9-16)11-22(12-19)18(23)17-8-14(2)21-26-17/h3-5,8,16H,6-7,9-12H2,1-2H3. The van der Waals surface area contributed by atoms with Gasteiger partial charge in [-0.2, -0.15) is 0 Å². The first-order valence-electron chi connectivity index (χ1n) is 8.94. The summed E-state index contributed by atoms with van der Waals surface area (Å²) in [7, 11) is 0. The van der Waals surface area contributed by atoms with E-state index < -0.39 is 0 Å². The third kappa shape index (κ3) is 3.50. The number of likely N-dealkylation sites (tertiary alicyclic amines) is 1. The van der Waals surface area contributed by atoms with Gasteiger partial charge in [0.1, 0.15) is 5.60 Å². The predicted molar refractivity (Wildman–Crippen MR) is 92.6 cm³/mol. The summed E-state index contributed by atoms with van der Waals surface area (Å²) in [4.78, 5) is 18.6. The fourth-order valence-electron chi connectivity index (χ4n) is 3.64. The molecule has 2 fully saturated rings. The van der Waals surface area contributed by atoms with Crippen LogP contribution >= 0.6 is 0 Å². The van der Waals surface area contributed by atoms with E-state index in [2.05, 4.69) is 10.1 Å². The Morgan fingerprint density at radius 1 is 1.35 bits per heavy atom. The van der Waals surface area contributed by atoms with E-state index in [1.165, 1.54) is 0 Å². The molecule has 0 aliphatic carbocycles. The number of amides is 1. The van der Waals surface area contributed by atoms with E-state index in [0.717, 1.165) is 24.2 Å². The highest BCUT2D eigenvalue weighted by atomic mass is 16.5. The van der Waals surface area contributed by atoms with Crippen LogP contribution < -0.4 is 0 Å². The van der Waals surface area contributed by atoms with Crippen LogP contribution in [0.2, 0.25) is 0 Å². The van der Waals surface area contributed by atoms with Gasteiger partial charge in [-0.25, -0.2) is 0 Å². The number of pyridine rings is 1. The lowest BCUT2D eigenvalue weighted by molar-refractivity contribution is -0.188. The Morgan fingerprint density at radius 2 is 2.19 bits per heavy atom. The van der Waals surface area contributed by atoms with Gasteiger partial charge in [0.15, 0.2) is 0 Å². The van der Waals surface area contributed by atoms with E-state index in [0.29, 0.717) is 32.0 Å². The highest BCUT2D eigenvalue weighted by Crippen LogP contribution is 2.36. The average molecular weight is 357 g/mol. The molecule has 1 atom stereocenters. The second-order valence-corrected chi connectivity index (χ2v) is 7.22. The molecule has 7 nitrogen and oxygen atoms in total. The van der Waals surface area contributed by atoms with E-state index in [-0.39, 0.29) is 23.4 Å². The van der Waals surface area contributed by atoms with Crippen LogP contribution in [0.15, 0.2) is 28.8 Å². The lowest BCUT2D eigenvalue weighted by Crippen LogP contribution is -2.67. The third-order valence-electron chi connectivity index (χ3n) is 4.94. The molecule has 26 heavy (non-hydrogen) atoms. The highest BCUT2D eigenvalue weighted by Gasteiger charge is 2.50. The first kappa shape index (κ1) is 17.2. The molecule has 0 saturated carbocycles. The van der Waals surface area contributed by atoms with E-state index in [1.54, 1.807) is 17.9 Å². The normalized spacial score (nSPS) is 21.6. The summed E-state index contributed by atoms with van der Waals surface area (Å²) in [5, 5.41) is 3.77. The van der Waals surface area contributed by atoms with E-state index >= 15 is 0 Å².